The van der Waals surface area contributed by atoms with Gasteiger partial charge in [0, 0.05) is 18.8 Å². The van der Waals surface area contributed by atoms with Crippen molar-refractivity contribution in [3.8, 4) is 0 Å². The summed E-state index contributed by atoms with van der Waals surface area (Å²) in [6, 6.07) is 4.09. The number of anilines is 1. The predicted octanol–water partition coefficient (Wildman–Crippen LogP) is 3.43. The van der Waals surface area contributed by atoms with Crippen molar-refractivity contribution in [2.75, 3.05) is 18.0 Å². The van der Waals surface area contributed by atoms with E-state index in [4.69, 9.17) is 5.11 Å². The van der Waals surface area contributed by atoms with Crippen LogP contribution in [0.25, 0.3) is 0 Å². The Morgan fingerprint density at radius 2 is 2.11 bits per heavy atom. The van der Waals surface area contributed by atoms with Gasteiger partial charge in [-0.05, 0) is 36.5 Å². The number of alkyl halides is 3. The first-order valence-electron chi connectivity index (χ1n) is 6.47. The maximum Gasteiger partial charge on any atom is 0.418 e. The summed E-state index contributed by atoms with van der Waals surface area (Å²) in [6.07, 6.45) is -2.41. The third kappa shape index (κ3) is 3.21. The van der Waals surface area contributed by atoms with Gasteiger partial charge < -0.3 is 10.0 Å². The van der Waals surface area contributed by atoms with Gasteiger partial charge in [0.2, 0.25) is 0 Å². The molecular weight excluding hydrogens is 255 g/mol. The number of piperidine rings is 1. The van der Waals surface area contributed by atoms with Crippen molar-refractivity contribution in [3.63, 3.8) is 0 Å². The van der Waals surface area contributed by atoms with Gasteiger partial charge >= 0.3 is 6.18 Å². The molecule has 2 rings (SSSR count). The van der Waals surface area contributed by atoms with Crippen LogP contribution in [0.2, 0.25) is 0 Å². The summed E-state index contributed by atoms with van der Waals surface area (Å²) in [5.74, 6) is 0.410. The van der Waals surface area contributed by atoms with Gasteiger partial charge in [-0.25, -0.2) is 0 Å². The molecule has 1 aromatic rings. The monoisotopic (exact) mass is 273 g/mol. The van der Waals surface area contributed by atoms with Gasteiger partial charge in [0.1, 0.15) is 0 Å². The highest BCUT2D eigenvalue weighted by Gasteiger charge is 2.35. The van der Waals surface area contributed by atoms with Gasteiger partial charge in [-0.2, -0.15) is 13.2 Å². The van der Waals surface area contributed by atoms with Crippen molar-refractivity contribution < 1.29 is 18.3 Å². The molecule has 106 valence electrons. The van der Waals surface area contributed by atoms with E-state index in [-0.39, 0.29) is 12.3 Å². The number of nitrogens with zero attached hydrogens (tertiary/aromatic N) is 1. The lowest BCUT2D eigenvalue weighted by Crippen LogP contribution is -2.35. The molecule has 0 bridgehead atoms. The highest BCUT2D eigenvalue weighted by molar-refractivity contribution is 5.56. The second-order valence-corrected chi connectivity index (χ2v) is 5.20. The SMILES string of the molecule is CC1CCCN(c2ccc(CO)cc2C(F)(F)F)C1. The fraction of sp³-hybridized carbons (Fsp3) is 0.571. The van der Waals surface area contributed by atoms with Crippen LogP contribution in [0.3, 0.4) is 0 Å². The number of hydrogen-bond donors (Lipinski definition) is 1. The number of benzene rings is 1. The van der Waals surface area contributed by atoms with Gasteiger partial charge in [-0.3, -0.25) is 0 Å². The highest BCUT2D eigenvalue weighted by atomic mass is 19.4. The molecule has 1 heterocycles. The third-order valence-corrected chi connectivity index (χ3v) is 3.55. The molecule has 0 aliphatic carbocycles. The van der Waals surface area contributed by atoms with Crippen LogP contribution in [-0.4, -0.2) is 18.2 Å². The Balaban J connectivity index is 2.38. The van der Waals surface area contributed by atoms with E-state index in [1.807, 2.05) is 0 Å². The zero-order valence-electron chi connectivity index (χ0n) is 10.9. The van der Waals surface area contributed by atoms with Crippen LogP contribution in [0.15, 0.2) is 18.2 Å². The number of halogens is 3. The van der Waals surface area contributed by atoms with Gasteiger partial charge in [0.25, 0.3) is 0 Å². The minimum absolute atomic E-state index is 0.233. The van der Waals surface area contributed by atoms with Crippen molar-refractivity contribution >= 4 is 5.69 Å². The van der Waals surface area contributed by atoms with Crippen molar-refractivity contribution in [2.24, 2.45) is 5.92 Å². The van der Waals surface area contributed by atoms with Crippen LogP contribution in [0.4, 0.5) is 18.9 Å². The molecule has 1 unspecified atom stereocenters. The van der Waals surface area contributed by atoms with E-state index >= 15 is 0 Å². The smallest absolute Gasteiger partial charge is 0.392 e. The predicted molar refractivity (Wildman–Crippen MR) is 68.0 cm³/mol. The lowest BCUT2D eigenvalue weighted by Gasteiger charge is -2.34. The van der Waals surface area contributed by atoms with Gasteiger partial charge in [0.15, 0.2) is 0 Å². The molecular formula is C14H18F3NO. The molecule has 1 atom stereocenters. The van der Waals surface area contributed by atoms with Crippen LogP contribution < -0.4 is 4.90 Å². The lowest BCUT2D eigenvalue weighted by molar-refractivity contribution is -0.137. The Bertz CT molecular complexity index is 445. The van der Waals surface area contributed by atoms with E-state index in [0.717, 1.165) is 18.9 Å². The average molecular weight is 273 g/mol. The van der Waals surface area contributed by atoms with Crippen LogP contribution in [-0.2, 0) is 12.8 Å². The van der Waals surface area contributed by atoms with Crippen LogP contribution in [0, 0.1) is 5.92 Å². The summed E-state index contributed by atoms with van der Waals surface area (Å²) < 4.78 is 39.3. The van der Waals surface area contributed by atoms with Crippen molar-refractivity contribution in [1.82, 2.24) is 0 Å². The van der Waals surface area contributed by atoms with Crippen LogP contribution >= 0.6 is 0 Å². The average Bonchev–Trinajstić information content (AvgIpc) is 2.37. The number of rotatable bonds is 2. The zero-order chi connectivity index (χ0) is 14.0. The molecule has 1 aromatic carbocycles. The molecule has 0 aromatic heterocycles. The Morgan fingerprint density at radius 3 is 2.68 bits per heavy atom. The van der Waals surface area contributed by atoms with E-state index < -0.39 is 11.7 Å². The fourth-order valence-electron chi connectivity index (χ4n) is 2.59. The topological polar surface area (TPSA) is 23.5 Å². The highest BCUT2D eigenvalue weighted by Crippen LogP contribution is 2.38. The van der Waals surface area contributed by atoms with Gasteiger partial charge in [0.05, 0.1) is 12.2 Å². The third-order valence-electron chi connectivity index (χ3n) is 3.55. The first kappa shape index (κ1) is 14.2. The van der Waals surface area contributed by atoms with Crippen LogP contribution in [0.1, 0.15) is 30.9 Å². The van der Waals surface area contributed by atoms with E-state index in [1.54, 1.807) is 11.0 Å². The minimum atomic E-state index is -4.39. The summed E-state index contributed by atoms with van der Waals surface area (Å²) in [5, 5.41) is 8.99. The molecule has 1 fully saturated rings. The Labute approximate surface area is 110 Å². The standard InChI is InChI=1S/C14H18F3NO/c1-10-3-2-6-18(8-10)13-5-4-11(9-19)7-12(13)14(15,16)17/h4-5,7,10,19H,2-3,6,8-9H2,1H3. The minimum Gasteiger partial charge on any atom is -0.392 e. The molecule has 5 heteroatoms. The van der Waals surface area contributed by atoms with Gasteiger partial charge in [-0.15, -0.1) is 0 Å². The summed E-state index contributed by atoms with van der Waals surface area (Å²) in [4.78, 5) is 1.80. The summed E-state index contributed by atoms with van der Waals surface area (Å²) in [7, 11) is 0. The van der Waals surface area contributed by atoms with Crippen molar-refractivity contribution in [1.29, 1.82) is 0 Å². The number of aliphatic hydroxyl groups excluding tert-OH is 1. The number of aliphatic hydroxyl groups is 1. The largest absolute Gasteiger partial charge is 0.418 e. The maximum absolute atomic E-state index is 13.1. The van der Waals surface area contributed by atoms with Crippen LogP contribution in [0.5, 0.6) is 0 Å². The second kappa shape index (κ2) is 5.41. The summed E-state index contributed by atoms with van der Waals surface area (Å²) in [5.41, 5.74) is -0.120. The summed E-state index contributed by atoms with van der Waals surface area (Å²) in [6.45, 7) is 2.99. The van der Waals surface area contributed by atoms with E-state index in [2.05, 4.69) is 6.92 Å². The van der Waals surface area contributed by atoms with Crippen molar-refractivity contribution in [2.45, 2.75) is 32.5 Å². The molecule has 0 amide bonds. The molecule has 1 saturated heterocycles. The van der Waals surface area contributed by atoms with E-state index in [1.165, 1.54) is 6.07 Å². The maximum atomic E-state index is 13.1. The molecule has 1 N–H and O–H groups in total. The molecule has 19 heavy (non-hydrogen) atoms. The zero-order valence-corrected chi connectivity index (χ0v) is 10.9. The lowest BCUT2D eigenvalue weighted by atomic mass is 9.98. The molecule has 0 spiro atoms. The first-order valence-corrected chi connectivity index (χ1v) is 6.47. The normalized spacial score (nSPS) is 20.7. The van der Waals surface area contributed by atoms with Gasteiger partial charge in [-0.1, -0.05) is 13.0 Å². The quantitative estimate of drug-likeness (QED) is 0.892. The Kier molecular flexibility index (Phi) is 4.04. The number of hydrogen-bond acceptors (Lipinski definition) is 2. The van der Waals surface area contributed by atoms with E-state index in [9.17, 15) is 13.2 Å². The van der Waals surface area contributed by atoms with Crippen molar-refractivity contribution in [3.05, 3.63) is 29.3 Å². The molecule has 1 aliphatic heterocycles. The fourth-order valence-corrected chi connectivity index (χ4v) is 2.59. The Morgan fingerprint density at radius 1 is 1.37 bits per heavy atom. The summed E-state index contributed by atoms with van der Waals surface area (Å²) >= 11 is 0. The molecule has 0 radical (unpaired) electrons. The second-order valence-electron chi connectivity index (χ2n) is 5.20. The molecule has 0 saturated carbocycles. The molecule has 2 nitrogen and oxygen atoms in total. The first-order chi connectivity index (χ1) is 8.91. The van der Waals surface area contributed by atoms with E-state index in [0.29, 0.717) is 24.6 Å². The molecule has 1 aliphatic rings. The Hall–Kier alpha value is -1.23.